The molecule has 2 atom stereocenters. The van der Waals surface area contributed by atoms with Gasteiger partial charge in [0.05, 0.1) is 6.07 Å². The van der Waals surface area contributed by atoms with Gasteiger partial charge in [0.25, 0.3) is 5.91 Å². The minimum absolute atomic E-state index is 0.139. The standard InChI is InChI=1S/C19H22N2O2/c1-11-4-5-12(2)17-16(11)13(3)18(23-17)19(22)21-15-7-6-14(10-15)8-9-20/h4-5,14-15H,6-8,10H2,1-3H3,(H,21,22)/t14-,15-/m0/s1. The van der Waals surface area contributed by atoms with Crippen molar-refractivity contribution in [3.8, 4) is 6.07 Å². The summed E-state index contributed by atoms with van der Waals surface area (Å²) in [7, 11) is 0. The predicted octanol–water partition coefficient (Wildman–Crippen LogP) is 4.17. The number of hydrogen-bond donors (Lipinski definition) is 1. The van der Waals surface area contributed by atoms with E-state index in [4.69, 9.17) is 9.68 Å². The van der Waals surface area contributed by atoms with E-state index < -0.39 is 0 Å². The molecule has 23 heavy (non-hydrogen) atoms. The Kier molecular flexibility index (Phi) is 4.12. The highest BCUT2D eigenvalue weighted by Crippen LogP contribution is 2.32. The summed E-state index contributed by atoms with van der Waals surface area (Å²) in [5, 5.41) is 12.9. The lowest BCUT2D eigenvalue weighted by atomic mass is 10.0. The van der Waals surface area contributed by atoms with E-state index >= 15 is 0 Å². The molecule has 0 unspecified atom stereocenters. The Morgan fingerprint density at radius 3 is 2.74 bits per heavy atom. The van der Waals surface area contributed by atoms with E-state index in [0.717, 1.165) is 46.9 Å². The summed E-state index contributed by atoms with van der Waals surface area (Å²) >= 11 is 0. The van der Waals surface area contributed by atoms with Crippen LogP contribution in [0.3, 0.4) is 0 Å². The molecule has 120 valence electrons. The number of rotatable bonds is 3. The first-order valence-electron chi connectivity index (χ1n) is 8.18. The molecule has 0 aliphatic heterocycles. The third-order valence-electron chi connectivity index (χ3n) is 4.95. The van der Waals surface area contributed by atoms with Crippen LogP contribution < -0.4 is 5.32 Å². The molecule has 4 heteroatoms. The van der Waals surface area contributed by atoms with Crippen molar-refractivity contribution < 1.29 is 9.21 Å². The van der Waals surface area contributed by atoms with Gasteiger partial charge < -0.3 is 9.73 Å². The Balaban J connectivity index is 1.82. The molecule has 1 fully saturated rings. The predicted molar refractivity (Wildman–Crippen MR) is 89.3 cm³/mol. The quantitative estimate of drug-likeness (QED) is 0.925. The molecule has 1 heterocycles. The Morgan fingerprint density at radius 2 is 2.04 bits per heavy atom. The van der Waals surface area contributed by atoms with Crippen LogP contribution in [0.4, 0.5) is 0 Å². The second kappa shape index (κ2) is 6.08. The minimum Gasteiger partial charge on any atom is -0.450 e. The van der Waals surface area contributed by atoms with Gasteiger partial charge in [0, 0.05) is 23.4 Å². The van der Waals surface area contributed by atoms with Gasteiger partial charge in [-0.15, -0.1) is 0 Å². The highest BCUT2D eigenvalue weighted by atomic mass is 16.3. The number of fused-ring (bicyclic) bond motifs is 1. The third-order valence-corrected chi connectivity index (χ3v) is 4.95. The lowest BCUT2D eigenvalue weighted by Gasteiger charge is -2.11. The maximum atomic E-state index is 12.6. The number of hydrogen-bond acceptors (Lipinski definition) is 3. The van der Waals surface area contributed by atoms with E-state index in [-0.39, 0.29) is 11.9 Å². The fourth-order valence-corrected chi connectivity index (χ4v) is 3.66. The maximum Gasteiger partial charge on any atom is 0.287 e. The molecular formula is C19H22N2O2. The van der Waals surface area contributed by atoms with Crippen molar-refractivity contribution >= 4 is 16.9 Å². The van der Waals surface area contributed by atoms with Crippen molar-refractivity contribution in [3.63, 3.8) is 0 Å². The van der Waals surface area contributed by atoms with E-state index in [0.29, 0.717) is 18.1 Å². The summed E-state index contributed by atoms with van der Waals surface area (Å²) in [5.74, 6) is 0.688. The molecule has 0 bridgehead atoms. The highest BCUT2D eigenvalue weighted by Gasteiger charge is 2.28. The van der Waals surface area contributed by atoms with Gasteiger partial charge in [-0.2, -0.15) is 5.26 Å². The summed E-state index contributed by atoms with van der Waals surface area (Å²) in [4.78, 5) is 12.6. The van der Waals surface area contributed by atoms with Gasteiger partial charge in [-0.05, 0) is 57.1 Å². The van der Waals surface area contributed by atoms with Gasteiger partial charge in [0.1, 0.15) is 5.58 Å². The average molecular weight is 310 g/mol. The monoisotopic (exact) mass is 310 g/mol. The molecule has 0 radical (unpaired) electrons. The molecule has 2 aromatic rings. The van der Waals surface area contributed by atoms with E-state index in [1.54, 1.807) is 0 Å². The fourth-order valence-electron chi connectivity index (χ4n) is 3.66. The van der Waals surface area contributed by atoms with Crippen molar-refractivity contribution in [2.75, 3.05) is 0 Å². The number of furan rings is 1. The summed E-state index contributed by atoms with van der Waals surface area (Å²) in [6.07, 6.45) is 3.41. The number of nitrogens with zero attached hydrogens (tertiary/aromatic N) is 1. The SMILES string of the molecule is Cc1ccc(C)c2c(C)c(C(=O)N[C@H]3CC[C@@H](CC#N)C3)oc12. The largest absolute Gasteiger partial charge is 0.450 e. The zero-order valence-corrected chi connectivity index (χ0v) is 13.9. The van der Waals surface area contributed by atoms with Crippen LogP contribution in [0, 0.1) is 38.0 Å². The molecule has 0 saturated heterocycles. The van der Waals surface area contributed by atoms with E-state index in [9.17, 15) is 4.79 Å². The van der Waals surface area contributed by atoms with E-state index in [1.165, 1.54) is 0 Å². The number of nitrogens with one attached hydrogen (secondary N) is 1. The van der Waals surface area contributed by atoms with Crippen LogP contribution in [-0.4, -0.2) is 11.9 Å². The Bertz CT molecular complexity index is 798. The number of carbonyl (C=O) groups is 1. The van der Waals surface area contributed by atoms with Crippen LogP contribution in [0.1, 0.15) is 52.9 Å². The fraction of sp³-hybridized carbons (Fsp3) is 0.474. The molecule has 1 aromatic carbocycles. The first-order valence-corrected chi connectivity index (χ1v) is 8.18. The van der Waals surface area contributed by atoms with E-state index in [1.807, 2.05) is 26.8 Å². The van der Waals surface area contributed by atoms with Crippen molar-refractivity contribution in [2.24, 2.45) is 5.92 Å². The number of aryl methyl sites for hydroxylation is 3. The van der Waals surface area contributed by atoms with Crippen LogP contribution in [0.15, 0.2) is 16.5 Å². The van der Waals surface area contributed by atoms with Gasteiger partial charge in [0.15, 0.2) is 5.76 Å². The van der Waals surface area contributed by atoms with Crippen LogP contribution >= 0.6 is 0 Å². The first-order chi connectivity index (χ1) is 11.0. The average Bonchev–Trinajstić information content (AvgIpc) is 3.09. The summed E-state index contributed by atoms with van der Waals surface area (Å²) in [5.41, 5.74) is 3.88. The van der Waals surface area contributed by atoms with Crippen molar-refractivity contribution in [2.45, 2.75) is 52.5 Å². The zero-order chi connectivity index (χ0) is 16.6. The maximum absolute atomic E-state index is 12.6. The number of benzene rings is 1. The topological polar surface area (TPSA) is 66.0 Å². The van der Waals surface area contributed by atoms with Gasteiger partial charge in [-0.1, -0.05) is 12.1 Å². The molecule has 1 aromatic heterocycles. The molecule has 3 rings (SSSR count). The normalized spacial score (nSPS) is 20.6. The molecular weight excluding hydrogens is 288 g/mol. The molecule has 1 aliphatic rings. The minimum atomic E-state index is -0.139. The number of amides is 1. The Labute approximate surface area is 136 Å². The molecule has 1 amide bonds. The molecule has 1 N–H and O–H groups in total. The van der Waals surface area contributed by atoms with Crippen LogP contribution in [0.2, 0.25) is 0 Å². The van der Waals surface area contributed by atoms with Crippen LogP contribution in [0.25, 0.3) is 11.0 Å². The second-order valence-electron chi connectivity index (χ2n) is 6.67. The summed E-state index contributed by atoms with van der Waals surface area (Å²) in [6.45, 7) is 5.98. The lowest BCUT2D eigenvalue weighted by molar-refractivity contribution is 0.0910. The summed E-state index contributed by atoms with van der Waals surface area (Å²) in [6, 6.07) is 6.45. The Morgan fingerprint density at radius 1 is 1.30 bits per heavy atom. The summed E-state index contributed by atoms with van der Waals surface area (Å²) < 4.78 is 5.89. The van der Waals surface area contributed by atoms with Crippen LogP contribution in [0.5, 0.6) is 0 Å². The third kappa shape index (κ3) is 2.84. The van der Waals surface area contributed by atoms with Gasteiger partial charge in [-0.25, -0.2) is 0 Å². The smallest absolute Gasteiger partial charge is 0.287 e. The van der Waals surface area contributed by atoms with Gasteiger partial charge in [0.2, 0.25) is 0 Å². The lowest BCUT2D eigenvalue weighted by Crippen LogP contribution is -2.33. The van der Waals surface area contributed by atoms with Crippen molar-refractivity contribution in [1.82, 2.24) is 5.32 Å². The van der Waals surface area contributed by atoms with Crippen molar-refractivity contribution in [3.05, 3.63) is 34.6 Å². The first kappa shape index (κ1) is 15.6. The second-order valence-corrected chi connectivity index (χ2v) is 6.67. The van der Waals surface area contributed by atoms with E-state index in [2.05, 4.69) is 17.5 Å². The molecule has 1 aliphatic carbocycles. The van der Waals surface area contributed by atoms with Gasteiger partial charge in [-0.3, -0.25) is 4.79 Å². The zero-order valence-electron chi connectivity index (χ0n) is 13.9. The Hall–Kier alpha value is -2.28. The van der Waals surface area contributed by atoms with Crippen LogP contribution in [-0.2, 0) is 0 Å². The van der Waals surface area contributed by atoms with Crippen molar-refractivity contribution in [1.29, 1.82) is 5.26 Å². The molecule has 4 nitrogen and oxygen atoms in total. The number of nitriles is 1. The number of carbonyl (C=O) groups excluding carboxylic acids is 1. The molecule has 0 spiro atoms. The molecule has 1 saturated carbocycles. The van der Waals surface area contributed by atoms with Gasteiger partial charge >= 0.3 is 0 Å². The highest BCUT2D eigenvalue weighted by molar-refractivity contribution is 6.00.